The first kappa shape index (κ1) is 17.0. The number of nitrogens with one attached hydrogen (secondary N) is 2. The van der Waals surface area contributed by atoms with E-state index in [9.17, 15) is 4.79 Å². The van der Waals surface area contributed by atoms with Crippen molar-refractivity contribution in [2.45, 2.75) is 52.1 Å². The van der Waals surface area contributed by atoms with Crippen LogP contribution >= 0.6 is 12.4 Å². The van der Waals surface area contributed by atoms with Gasteiger partial charge in [0.25, 0.3) is 0 Å². The molecule has 0 aliphatic carbocycles. The third-order valence-electron chi connectivity index (χ3n) is 3.72. The molecule has 0 aromatic heterocycles. The van der Waals surface area contributed by atoms with Crippen LogP contribution in [-0.2, 0) is 4.79 Å². The fourth-order valence-corrected chi connectivity index (χ4v) is 2.80. The third kappa shape index (κ3) is 4.80. The van der Waals surface area contributed by atoms with Crippen molar-refractivity contribution in [3.63, 3.8) is 0 Å². The highest BCUT2D eigenvalue weighted by atomic mass is 35.5. The van der Waals surface area contributed by atoms with Crippen LogP contribution in [0.2, 0.25) is 0 Å². The Labute approximate surface area is 127 Å². The maximum Gasteiger partial charge on any atom is 0.222 e. The Balaban J connectivity index is 0.00000200. The van der Waals surface area contributed by atoms with Gasteiger partial charge in [0.2, 0.25) is 5.91 Å². The van der Waals surface area contributed by atoms with Crippen LogP contribution in [0.15, 0.2) is 18.2 Å². The topological polar surface area (TPSA) is 41.1 Å². The van der Waals surface area contributed by atoms with Crippen LogP contribution < -0.4 is 10.6 Å². The summed E-state index contributed by atoms with van der Waals surface area (Å²) < 4.78 is 0. The number of carbonyl (C=O) groups is 1. The Bertz CT molecular complexity index is 436. The average Bonchev–Trinajstić information content (AvgIpc) is 2.80. The van der Waals surface area contributed by atoms with Crippen LogP contribution in [0.3, 0.4) is 0 Å². The summed E-state index contributed by atoms with van der Waals surface area (Å²) in [6.07, 6.45) is 2.89. The number of carbonyl (C=O) groups excluding carboxylic acids is 1. The minimum absolute atomic E-state index is 0. The molecule has 20 heavy (non-hydrogen) atoms. The van der Waals surface area contributed by atoms with Gasteiger partial charge in [-0.2, -0.15) is 0 Å². The predicted octanol–water partition coefficient (Wildman–Crippen LogP) is 3.04. The predicted molar refractivity (Wildman–Crippen MR) is 85.4 cm³/mol. The van der Waals surface area contributed by atoms with E-state index in [1.54, 1.807) is 0 Å². The van der Waals surface area contributed by atoms with Crippen LogP contribution in [0.1, 0.15) is 48.9 Å². The Morgan fingerprint density at radius 1 is 1.35 bits per heavy atom. The van der Waals surface area contributed by atoms with Gasteiger partial charge in [-0.05, 0) is 45.7 Å². The van der Waals surface area contributed by atoms with E-state index in [-0.39, 0.29) is 24.4 Å². The van der Waals surface area contributed by atoms with Crippen molar-refractivity contribution in [3.8, 4) is 0 Å². The zero-order valence-corrected chi connectivity index (χ0v) is 13.3. The van der Waals surface area contributed by atoms with E-state index >= 15 is 0 Å². The summed E-state index contributed by atoms with van der Waals surface area (Å²) in [7, 11) is 0. The molecule has 3 nitrogen and oxygen atoms in total. The molecule has 4 heteroatoms. The smallest absolute Gasteiger partial charge is 0.222 e. The quantitative estimate of drug-likeness (QED) is 0.897. The highest BCUT2D eigenvalue weighted by molar-refractivity contribution is 5.85. The fourth-order valence-electron chi connectivity index (χ4n) is 2.80. The van der Waals surface area contributed by atoms with Gasteiger partial charge in [0, 0.05) is 12.5 Å². The van der Waals surface area contributed by atoms with Crippen LogP contribution in [0.4, 0.5) is 0 Å². The molecule has 2 rings (SSSR count). The van der Waals surface area contributed by atoms with Gasteiger partial charge in [-0.1, -0.05) is 29.3 Å². The van der Waals surface area contributed by atoms with Gasteiger partial charge in [0.05, 0.1) is 6.04 Å². The van der Waals surface area contributed by atoms with E-state index in [0.717, 1.165) is 13.0 Å². The third-order valence-corrected chi connectivity index (χ3v) is 3.72. The highest BCUT2D eigenvalue weighted by Gasteiger charge is 2.19. The number of hydrogen-bond donors (Lipinski definition) is 2. The molecular formula is C16H25ClN2O. The minimum Gasteiger partial charge on any atom is -0.350 e. The molecular weight excluding hydrogens is 272 g/mol. The van der Waals surface area contributed by atoms with Gasteiger partial charge < -0.3 is 10.6 Å². The monoisotopic (exact) mass is 296 g/mol. The van der Waals surface area contributed by atoms with Crippen molar-refractivity contribution in [2.24, 2.45) is 0 Å². The number of halogens is 1. The summed E-state index contributed by atoms with van der Waals surface area (Å²) in [4.78, 5) is 12.0. The molecule has 1 aliphatic heterocycles. The molecule has 2 N–H and O–H groups in total. The molecule has 2 atom stereocenters. The minimum atomic E-state index is 0. The van der Waals surface area contributed by atoms with Gasteiger partial charge in [-0.25, -0.2) is 0 Å². The molecule has 1 aromatic carbocycles. The lowest BCUT2D eigenvalue weighted by Gasteiger charge is -2.17. The van der Waals surface area contributed by atoms with E-state index in [0.29, 0.717) is 12.5 Å². The van der Waals surface area contributed by atoms with E-state index in [1.807, 2.05) is 6.92 Å². The normalized spacial score (nSPS) is 19.2. The van der Waals surface area contributed by atoms with Crippen LogP contribution in [-0.4, -0.2) is 18.5 Å². The van der Waals surface area contributed by atoms with Crippen LogP contribution in [0.25, 0.3) is 0 Å². The van der Waals surface area contributed by atoms with Crippen molar-refractivity contribution in [2.75, 3.05) is 6.54 Å². The summed E-state index contributed by atoms with van der Waals surface area (Å²) >= 11 is 0. The van der Waals surface area contributed by atoms with Gasteiger partial charge >= 0.3 is 0 Å². The molecule has 1 fully saturated rings. The Kier molecular flexibility index (Phi) is 6.50. The van der Waals surface area contributed by atoms with E-state index in [4.69, 9.17) is 0 Å². The molecule has 1 aliphatic rings. The lowest BCUT2D eigenvalue weighted by molar-refractivity contribution is -0.122. The molecule has 1 saturated heterocycles. The molecule has 0 radical (unpaired) electrons. The summed E-state index contributed by atoms with van der Waals surface area (Å²) in [5, 5.41) is 6.46. The number of aryl methyl sites for hydroxylation is 2. The van der Waals surface area contributed by atoms with Gasteiger partial charge in [-0.3, -0.25) is 4.79 Å². The van der Waals surface area contributed by atoms with Gasteiger partial charge in [0.1, 0.15) is 0 Å². The SMILES string of the molecule is Cc1cc(C)cc(C(C)NC(=O)CC2CCCN2)c1.Cl. The number of rotatable bonds is 4. The summed E-state index contributed by atoms with van der Waals surface area (Å²) in [5.41, 5.74) is 3.67. The second-order valence-electron chi connectivity index (χ2n) is 5.71. The molecule has 0 spiro atoms. The maximum absolute atomic E-state index is 12.0. The second kappa shape index (κ2) is 7.65. The van der Waals surface area contributed by atoms with E-state index < -0.39 is 0 Å². The Morgan fingerprint density at radius 3 is 2.55 bits per heavy atom. The van der Waals surface area contributed by atoms with E-state index in [1.165, 1.54) is 23.1 Å². The number of amides is 1. The largest absolute Gasteiger partial charge is 0.350 e. The zero-order chi connectivity index (χ0) is 13.8. The standard InChI is InChI=1S/C16H24N2O.ClH/c1-11-7-12(2)9-14(8-11)13(3)18-16(19)10-15-5-4-6-17-15;/h7-9,13,15,17H,4-6,10H2,1-3H3,(H,18,19);1H. The lowest BCUT2D eigenvalue weighted by Crippen LogP contribution is -2.33. The molecule has 1 amide bonds. The van der Waals surface area contributed by atoms with Crippen molar-refractivity contribution >= 4 is 18.3 Å². The molecule has 112 valence electrons. The van der Waals surface area contributed by atoms with Crippen molar-refractivity contribution in [1.82, 2.24) is 10.6 Å². The average molecular weight is 297 g/mol. The molecule has 0 bridgehead atoms. The first-order chi connectivity index (χ1) is 9.04. The van der Waals surface area contributed by atoms with E-state index in [2.05, 4.69) is 42.7 Å². The molecule has 2 unspecified atom stereocenters. The fraction of sp³-hybridized carbons (Fsp3) is 0.562. The molecule has 0 saturated carbocycles. The Morgan fingerprint density at radius 2 is 2.00 bits per heavy atom. The van der Waals surface area contributed by atoms with Crippen molar-refractivity contribution < 1.29 is 4.79 Å². The van der Waals surface area contributed by atoms with Crippen LogP contribution in [0.5, 0.6) is 0 Å². The number of hydrogen-bond acceptors (Lipinski definition) is 2. The summed E-state index contributed by atoms with van der Waals surface area (Å²) in [6, 6.07) is 6.89. The highest BCUT2D eigenvalue weighted by Crippen LogP contribution is 2.17. The number of benzene rings is 1. The van der Waals surface area contributed by atoms with Gasteiger partial charge in [0.15, 0.2) is 0 Å². The van der Waals surface area contributed by atoms with Crippen molar-refractivity contribution in [3.05, 3.63) is 34.9 Å². The Hall–Kier alpha value is -1.06. The second-order valence-corrected chi connectivity index (χ2v) is 5.71. The van der Waals surface area contributed by atoms with Gasteiger partial charge in [-0.15, -0.1) is 12.4 Å². The first-order valence-corrected chi connectivity index (χ1v) is 7.15. The first-order valence-electron chi connectivity index (χ1n) is 7.15. The van der Waals surface area contributed by atoms with Crippen LogP contribution in [0, 0.1) is 13.8 Å². The van der Waals surface area contributed by atoms with Crippen molar-refractivity contribution in [1.29, 1.82) is 0 Å². The molecule has 1 aromatic rings. The zero-order valence-electron chi connectivity index (χ0n) is 12.5. The summed E-state index contributed by atoms with van der Waals surface area (Å²) in [5.74, 6) is 0.144. The summed E-state index contributed by atoms with van der Waals surface area (Å²) in [6.45, 7) is 7.28. The maximum atomic E-state index is 12.0. The molecule has 1 heterocycles. The lowest BCUT2D eigenvalue weighted by atomic mass is 10.0.